The summed E-state index contributed by atoms with van der Waals surface area (Å²) in [5, 5.41) is 26.7. The molecule has 0 bridgehead atoms. The van der Waals surface area contributed by atoms with Gasteiger partial charge in [0.1, 0.15) is 0 Å². The third-order valence-electron chi connectivity index (χ3n) is 2.00. The molecule has 1 aliphatic rings. The standard InChI is InChI=1S/C6H4N2O4.C3H8N2/c9-7(10)5-3-1-2-4-6(5)8(11)12;1-2-5-3-4-1/h1-4H;4-5H,1-3H2. The van der Waals surface area contributed by atoms with Crippen molar-refractivity contribution in [2.75, 3.05) is 19.8 Å². The van der Waals surface area contributed by atoms with E-state index < -0.39 is 21.2 Å². The summed E-state index contributed by atoms with van der Waals surface area (Å²) < 4.78 is 0. The fourth-order valence-corrected chi connectivity index (χ4v) is 1.21. The number of rotatable bonds is 2. The van der Waals surface area contributed by atoms with Gasteiger partial charge in [-0.1, -0.05) is 12.1 Å². The highest BCUT2D eigenvalue weighted by Crippen LogP contribution is 2.24. The molecule has 0 saturated carbocycles. The molecule has 1 saturated heterocycles. The summed E-state index contributed by atoms with van der Waals surface area (Å²) in [5.74, 6) is 0. The van der Waals surface area contributed by atoms with Crippen LogP contribution in [0.15, 0.2) is 24.3 Å². The van der Waals surface area contributed by atoms with Crippen molar-refractivity contribution in [3.05, 3.63) is 44.5 Å². The van der Waals surface area contributed by atoms with Crippen LogP contribution >= 0.6 is 0 Å². The minimum Gasteiger partial charge on any atom is -0.303 e. The van der Waals surface area contributed by atoms with Gasteiger partial charge in [0, 0.05) is 31.9 Å². The fraction of sp³-hybridized carbons (Fsp3) is 0.333. The average Bonchev–Trinajstić information content (AvgIpc) is 2.87. The minimum atomic E-state index is -0.780. The van der Waals surface area contributed by atoms with E-state index >= 15 is 0 Å². The lowest BCUT2D eigenvalue weighted by atomic mass is 10.3. The van der Waals surface area contributed by atoms with Crippen LogP contribution in [0.3, 0.4) is 0 Å². The van der Waals surface area contributed by atoms with Crippen molar-refractivity contribution >= 4 is 11.4 Å². The molecule has 0 aliphatic carbocycles. The number of nitro benzene ring substituents is 2. The van der Waals surface area contributed by atoms with E-state index in [1.165, 1.54) is 12.1 Å². The van der Waals surface area contributed by atoms with Gasteiger partial charge in [0.05, 0.1) is 9.85 Å². The Hall–Kier alpha value is -2.06. The summed E-state index contributed by atoms with van der Waals surface area (Å²) in [4.78, 5) is 18.9. The van der Waals surface area contributed by atoms with Crippen molar-refractivity contribution in [1.29, 1.82) is 0 Å². The van der Waals surface area contributed by atoms with Crippen molar-refractivity contribution in [3.8, 4) is 0 Å². The Balaban J connectivity index is 0.000000239. The molecule has 1 aromatic rings. The highest BCUT2D eigenvalue weighted by atomic mass is 16.6. The van der Waals surface area contributed by atoms with Crippen LogP contribution in [0.25, 0.3) is 0 Å². The predicted octanol–water partition coefficient (Wildman–Crippen LogP) is 0.640. The molecule has 92 valence electrons. The Labute approximate surface area is 96.9 Å². The lowest BCUT2D eigenvalue weighted by molar-refractivity contribution is -0.422. The summed E-state index contributed by atoms with van der Waals surface area (Å²) >= 11 is 0. The number of hydrogen-bond acceptors (Lipinski definition) is 6. The number of nitrogens with one attached hydrogen (secondary N) is 2. The molecule has 0 atom stereocenters. The van der Waals surface area contributed by atoms with Gasteiger partial charge in [0.15, 0.2) is 0 Å². The predicted molar refractivity (Wildman–Crippen MR) is 60.6 cm³/mol. The Morgan fingerprint density at radius 1 is 0.941 bits per heavy atom. The van der Waals surface area contributed by atoms with E-state index in [2.05, 4.69) is 10.6 Å². The molecule has 2 rings (SSSR count). The molecule has 1 aliphatic heterocycles. The molecule has 2 N–H and O–H groups in total. The molecule has 0 amide bonds. The van der Waals surface area contributed by atoms with Gasteiger partial charge >= 0.3 is 11.4 Å². The highest BCUT2D eigenvalue weighted by molar-refractivity contribution is 5.51. The van der Waals surface area contributed by atoms with Gasteiger partial charge in [-0.25, -0.2) is 0 Å². The molecule has 8 heteroatoms. The molecule has 1 fully saturated rings. The van der Waals surface area contributed by atoms with Crippen molar-refractivity contribution in [1.82, 2.24) is 10.6 Å². The van der Waals surface area contributed by atoms with Crippen LogP contribution in [-0.2, 0) is 0 Å². The number of para-hydroxylation sites is 2. The lowest BCUT2D eigenvalue weighted by Crippen LogP contribution is -2.11. The van der Waals surface area contributed by atoms with Gasteiger partial charge in [-0.3, -0.25) is 20.2 Å². The van der Waals surface area contributed by atoms with Crippen molar-refractivity contribution in [2.45, 2.75) is 0 Å². The Morgan fingerprint density at radius 3 is 1.59 bits per heavy atom. The second kappa shape index (κ2) is 6.51. The largest absolute Gasteiger partial charge is 0.346 e. The van der Waals surface area contributed by atoms with Gasteiger partial charge < -0.3 is 10.6 Å². The van der Waals surface area contributed by atoms with Crippen LogP contribution in [0.2, 0.25) is 0 Å². The Kier molecular flexibility index (Phi) is 4.98. The number of nitrogens with zero attached hydrogens (tertiary/aromatic N) is 2. The molecular formula is C9H12N4O4. The van der Waals surface area contributed by atoms with Crippen LogP contribution < -0.4 is 10.6 Å². The molecule has 8 nitrogen and oxygen atoms in total. The highest BCUT2D eigenvalue weighted by Gasteiger charge is 2.21. The first-order valence-corrected chi connectivity index (χ1v) is 4.92. The van der Waals surface area contributed by atoms with Gasteiger partial charge in [-0.15, -0.1) is 0 Å². The van der Waals surface area contributed by atoms with Crippen molar-refractivity contribution in [2.24, 2.45) is 0 Å². The number of benzene rings is 1. The first kappa shape index (κ1) is 13.0. The molecular weight excluding hydrogens is 228 g/mol. The third kappa shape index (κ3) is 4.13. The van der Waals surface area contributed by atoms with Crippen LogP contribution in [-0.4, -0.2) is 29.6 Å². The molecule has 0 aromatic heterocycles. The SMILES string of the molecule is C1CNCN1.O=[N+]([O-])c1ccccc1[N+](=O)[O-]. The first-order chi connectivity index (χ1) is 8.13. The maximum absolute atomic E-state index is 10.2. The second-order valence-electron chi connectivity index (χ2n) is 3.18. The maximum Gasteiger partial charge on any atom is 0.346 e. The Bertz CT molecular complexity index is 365. The van der Waals surface area contributed by atoms with E-state index in [-0.39, 0.29) is 0 Å². The zero-order valence-corrected chi connectivity index (χ0v) is 8.96. The zero-order valence-electron chi connectivity index (χ0n) is 8.96. The van der Waals surface area contributed by atoms with Gasteiger partial charge in [-0.05, 0) is 0 Å². The lowest BCUT2D eigenvalue weighted by Gasteiger charge is -1.91. The maximum atomic E-state index is 10.2. The van der Waals surface area contributed by atoms with Gasteiger partial charge in [0.2, 0.25) is 0 Å². The smallest absolute Gasteiger partial charge is 0.303 e. The van der Waals surface area contributed by atoms with Crippen molar-refractivity contribution in [3.63, 3.8) is 0 Å². The van der Waals surface area contributed by atoms with Gasteiger partial charge in [0.25, 0.3) is 0 Å². The summed E-state index contributed by atoms with van der Waals surface area (Å²) in [7, 11) is 0. The second-order valence-corrected chi connectivity index (χ2v) is 3.18. The summed E-state index contributed by atoms with van der Waals surface area (Å²) in [6.45, 7) is 3.28. The summed E-state index contributed by atoms with van der Waals surface area (Å²) in [6, 6.07) is 4.95. The third-order valence-corrected chi connectivity index (χ3v) is 2.00. The van der Waals surface area contributed by atoms with E-state index in [0.29, 0.717) is 0 Å². The molecule has 1 heterocycles. The van der Waals surface area contributed by atoms with E-state index in [0.717, 1.165) is 31.9 Å². The molecule has 17 heavy (non-hydrogen) atoms. The van der Waals surface area contributed by atoms with Crippen LogP contribution in [0.5, 0.6) is 0 Å². The van der Waals surface area contributed by atoms with Crippen LogP contribution in [0.1, 0.15) is 0 Å². The molecule has 0 spiro atoms. The summed E-state index contributed by atoms with van der Waals surface area (Å²) in [5.41, 5.74) is -0.968. The topological polar surface area (TPSA) is 110 Å². The zero-order chi connectivity index (χ0) is 12.7. The monoisotopic (exact) mass is 240 g/mol. The fourth-order valence-electron chi connectivity index (χ4n) is 1.21. The first-order valence-electron chi connectivity index (χ1n) is 4.92. The van der Waals surface area contributed by atoms with E-state index in [9.17, 15) is 20.2 Å². The van der Waals surface area contributed by atoms with E-state index in [4.69, 9.17) is 0 Å². The quantitative estimate of drug-likeness (QED) is 0.579. The molecule has 0 unspecified atom stereocenters. The minimum absolute atomic E-state index is 0.484. The normalized spacial score (nSPS) is 13.6. The van der Waals surface area contributed by atoms with E-state index in [1.807, 2.05) is 0 Å². The van der Waals surface area contributed by atoms with Gasteiger partial charge in [-0.2, -0.15) is 0 Å². The molecule has 0 radical (unpaired) electrons. The van der Waals surface area contributed by atoms with Crippen LogP contribution in [0.4, 0.5) is 11.4 Å². The molecule has 1 aromatic carbocycles. The summed E-state index contributed by atoms with van der Waals surface area (Å²) in [6.07, 6.45) is 0. The van der Waals surface area contributed by atoms with Crippen molar-refractivity contribution < 1.29 is 9.85 Å². The van der Waals surface area contributed by atoms with Crippen LogP contribution in [0, 0.1) is 20.2 Å². The Morgan fingerprint density at radius 2 is 1.35 bits per heavy atom. The average molecular weight is 240 g/mol. The van der Waals surface area contributed by atoms with E-state index in [1.54, 1.807) is 0 Å². The number of nitro groups is 2. The number of hydrogen-bond donors (Lipinski definition) is 2.